The van der Waals surface area contributed by atoms with E-state index in [4.69, 9.17) is 20.9 Å². The Hall–Kier alpha value is -4.04. The fraction of sp³-hybridized carbons (Fsp3) is 0.444. The molecule has 8 nitrogen and oxygen atoms in total. The van der Waals surface area contributed by atoms with Gasteiger partial charge in [0.25, 0.3) is 0 Å². The van der Waals surface area contributed by atoms with Crippen LogP contribution in [0.4, 0.5) is 14.6 Å². The highest BCUT2D eigenvalue weighted by Gasteiger charge is 2.53. The highest BCUT2D eigenvalue weighted by molar-refractivity contribution is 6.04. The predicted molar refractivity (Wildman–Crippen MR) is 171 cm³/mol. The van der Waals surface area contributed by atoms with Crippen LogP contribution in [0.25, 0.3) is 32.8 Å². The Bertz CT molecular complexity index is 1930. The van der Waals surface area contributed by atoms with Gasteiger partial charge in [-0.05, 0) is 55.3 Å². The number of nitrogens with zero attached hydrogens (tertiary/aromatic N) is 4. The van der Waals surface area contributed by atoms with Crippen LogP contribution in [0.15, 0.2) is 36.4 Å². The lowest BCUT2D eigenvalue weighted by Crippen LogP contribution is -2.68. The molecule has 4 aromatic rings. The minimum absolute atomic E-state index is 0.0105. The molecule has 0 amide bonds. The van der Waals surface area contributed by atoms with Crippen molar-refractivity contribution in [2.75, 3.05) is 50.8 Å². The lowest BCUT2D eigenvalue weighted by molar-refractivity contribution is -0.224. The zero-order valence-corrected chi connectivity index (χ0v) is 25.5. The molecule has 1 saturated carbocycles. The number of phenolic OH excluding ortho intramolecular Hbond substituents is 1. The monoisotopic (exact) mass is 623 g/mol. The van der Waals surface area contributed by atoms with Crippen molar-refractivity contribution in [3.05, 3.63) is 53.6 Å². The third-order valence-electron chi connectivity index (χ3n) is 10.8. The minimum Gasteiger partial charge on any atom is -0.508 e. The van der Waals surface area contributed by atoms with Gasteiger partial charge in [0, 0.05) is 78.5 Å². The van der Waals surface area contributed by atoms with E-state index in [1.807, 2.05) is 0 Å². The van der Waals surface area contributed by atoms with Gasteiger partial charge >= 0.3 is 6.01 Å². The molecule has 5 heterocycles. The van der Waals surface area contributed by atoms with Crippen molar-refractivity contribution >= 4 is 27.5 Å². The van der Waals surface area contributed by atoms with Gasteiger partial charge in [-0.15, -0.1) is 6.42 Å². The number of hydrogen-bond acceptors (Lipinski definition) is 8. The van der Waals surface area contributed by atoms with Gasteiger partial charge in [0.2, 0.25) is 0 Å². The summed E-state index contributed by atoms with van der Waals surface area (Å²) in [4.78, 5) is 13.9. The summed E-state index contributed by atoms with van der Waals surface area (Å²) in [5, 5.41) is 15.5. The van der Waals surface area contributed by atoms with E-state index in [9.17, 15) is 5.11 Å². The smallest absolute Gasteiger partial charge is 0.319 e. The summed E-state index contributed by atoms with van der Waals surface area (Å²) in [6.45, 7) is 5.48. The van der Waals surface area contributed by atoms with Crippen LogP contribution in [0.1, 0.15) is 37.7 Å². The summed E-state index contributed by atoms with van der Waals surface area (Å²) in [7, 11) is 0. The lowest BCUT2D eigenvalue weighted by atomic mass is 9.85. The van der Waals surface area contributed by atoms with Gasteiger partial charge in [-0.2, -0.15) is 9.97 Å². The van der Waals surface area contributed by atoms with E-state index in [2.05, 4.69) is 26.0 Å². The molecule has 2 unspecified atom stereocenters. The zero-order chi connectivity index (χ0) is 31.2. The van der Waals surface area contributed by atoms with Crippen molar-refractivity contribution in [2.24, 2.45) is 5.41 Å². The Labute approximate surface area is 265 Å². The van der Waals surface area contributed by atoms with Gasteiger partial charge in [-0.25, -0.2) is 8.78 Å². The highest BCUT2D eigenvalue weighted by atomic mass is 19.1. The van der Waals surface area contributed by atoms with Crippen molar-refractivity contribution in [1.82, 2.24) is 20.2 Å². The van der Waals surface area contributed by atoms with Gasteiger partial charge in [-0.1, -0.05) is 18.1 Å². The molecule has 4 aliphatic heterocycles. The zero-order valence-electron chi connectivity index (χ0n) is 25.5. The van der Waals surface area contributed by atoms with Crippen LogP contribution in [-0.4, -0.2) is 83.6 Å². The standard InChI is InChI=1S/C36H35F2N5O3/c1-2-21-4-3-5-22-12-25(44)13-26(29(21)22)30-28(37)14-27-32(31(30)38)40-34(41-33(27)43-15-23-6-7-24(16-43)39-23)45-20-35(8-9-35)17-42-18-36(19-42)10-11-46-36/h1,3-5,12-14,23-24,39,44H,6-11,15-20H2. The number of benzene rings is 3. The third-order valence-corrected chi connectivity index (χ3v) is 10.8. The molecule has 0 radical (unpaired) electrons. The number of hydrogen-bond donors (Lipinski definition) is 2. The second-order valence-corrected chi connectivity index (χ2v) is 14.1. The Morgan fingerprint density at radius 1 is 1.09 bits per heavy atom. The molecule has 10 heteroatoms. The number of fused-ring (bicyclic) bond motifs is 4. The third kappa shape index (κ3) is 4.59. The number of terminal acetylenes is 1. The minimum atomic E-state index is -0.840. The van der Waals surface area contributed by atoms with E-state index in [0.717, 1.165) is 58.3 Å². The summed E-state index contributed by atoms with van der Waals surface area (Å²) in [5.41, 5.74) is 0.410. The normalized spacial score (nSPS) is 24.2. The quantitative estimate of drug-likeness (QED) is 0.279. The molecule has 9 rings (SSSR count). The predicted octanol–water partition coefficient (Wildman–Crippen LogP) is 4.99. The number of likely N-dealkylation sites (tertiary alicyclic amines) is 1. The molecule has 2 atom stereocenters. The number of aromatic hydroxyl groups is 1. The molecule has 3 aromatic carbocycles. The summed E-state index contributed by atoms with van der Waals surface area (Å²) in [5.74, 6) is 1.36. The molecule has 1 spiro atoms. The van der Waals surface area contributed by atoms with E-state index >= 15 is 8.78 Å². The van der Waals surface area contributed by atoms with Gasteiger partial charge < -0.3 is 24.8 Å². The van der Waals surface area contributed by atoms with Crippen LogP contribution in [0.5, 0.6) is 11.8 Å². The number of nitrogens with one attached hydrogen (secondary N) is 1. The van der Waals surface area contributed by atoms with E-state index in [1.54, 1.807) is 18.2 Å². The average Bonchev–Trinajstić information content (AvgIpc) is 3.70. The molecular formula is C36H35F2N5O3. The summed E-state index contributed by atoms with van der Waals surface area (Å²) >= 11 is 0. The van der Waals surface area contributed by atoms with Crippen LogP contribution in [0, 0.1) is 29.4 Å². The molecule has 1 aliphatic carbocycles. The number of anilines is 1. The van der Waals surface area contributed by atoms with Crippen molar-refractivity contribution in [3.63, 3.8) is 0 Å². The topological polar surface area (TPSA) is 83.0 Å². The molecule has 1 aromatic heterocycles. The largest absolute Gasteiger partial charge is 0.508 e. The van der Waals surface area contributed by atoms with Crippen molar-refractivity contribution in [1.29, 1.82) is 0 Å². The van der Waals surface area contributed by atoms with Crippen LogP contribution in [-0.2, 0) is 4.74 Å². The van der Waals surface area contributed by atoms with Gasteiger partial charge in [0.05, 0.1) is 24.4 Å². The average molecular weight is 624 g/mol. The first-order valence-corrected chi connectivity index (χ1v) is 16.2. The van der Waals surface area contributed by atoms with Crippen molar-refractivity contribution in [2.45, 2.75) is 49.8 Å². The Balaban J connectivity index is 1.12. The fourth-order valence-electron chi connectivity index (χ4n) is 8.15. The molecule has 2 N–H and O–H groups in total. The Morgan fingerprint density at radius 3 is 2.57 bits per heavy atom. The van der Waals surface area contributed by atoms with E-state index < -0.39 is 11.6 Å². The molecule has 5 fully saturated rings. The number of piperazine rings is 1. The Kier molecular flexibility index (Phi) is 6.27. The first kappa shape index (κ1) is 28.2. The number of phenols is 1. The van der Waals surface area contributed by atoms with E-state index in [-0.39, 0.29) is 51.5 Å². The van der Waals surface area contributed by atoms with Gasteiger partial charge in [0.1, 0.15) is 22.9 Å². The first-order valence-electron chi connectivity index (χ1n) is 16.2. The van der Waals surface area contributed by atoms with Crippen LogP contribution in [0.2, 0.25) is 0 Å². The molecule has 46 heavy (non-hydrogen) atoms. The maximum atomic E-state index is 16.9. The van der Waals surface area contributed by atoms with E-state index in [0.29, 0.717) is 47.2 Å². The maximum absolute atomic E-state index is 16.9. The van der Waals surface area contributed by atoms with E-state index in [1.165, 1.54) is 18.2 Å². The van der Waals surface area contributed by atoms with Gasteiger partial charge in [-0.3, -0.25) is 4.90 Å². The number of ether oxygens (including phenoxy) is 2. The second kappa shape index (κ2) is 10.2. The summed E-state index contributed by atoms with van der Waals surface area (Å²) in [6.07, 6.45) is 11.1. The molecule has 4 saturated heterocycles. The van der Waals surface area contributed by atoms with Crippen molar-refractivity contribution in [3.8, 4) is 35.2 Å². The first-order chi connectivity index (χ1) is 22.3. The molecule has 2 bridgehead atoms. The van der Waals surface area contributed by atoms with Crippen LogP contribution < -0.4 is 15.0 Å². The second-order valence-electron chi connectivity index (χ2n) is 14.1. The fourth-order valence-corrected chi connectivity index (χ4v) is 8.15. The lowest BCUT2D eigenvalue weighted by Gasteiger charge is -2.56. The van der Waals surface area contributed by atoms with Crippen LogP contribution in [0.3, 0.4) is 0 Å². The molecule has 5 aliphatic rings. The summed E-state index contributed by atoms with van der Waals surface area (Å²) < 4.78 is 45.2. The number of aromatic nitrogens is 2. The van der Waals surface area contributed by atoms with Crippen molar-refractivity contribution < 1.29 is 23.4 Å². The maximum Gasteiger partial charge on any atom is 0.319 e. The van der Waals surface area contributed by atoms with Crippen LogP contribution >= 0.6 is 0 Å². The Morgan fingerprint density at radius 2 is 1.87 bits per heavy atom. The SMILES string of the molecule is C#Cc1cccc2cc(O)cc(-c3c(F)cc4c(N5CC6CCC(C5)N6)nc(OCC5(CN6CC7(CCO7)C6)CC5)nc4c3F)c12. The van der Waals surface area contributed by atoms with Gasteiger partial charge in [0.15, 0.2) is 5.82 Å². The molecular weight excluding hydrogens is 588 g/mol. The highest BCUT2D eigenvalue weighted by Crippen LogP contribution is 2.49. The number of halogens is 2. The summed E-state index contributed by atoms with van der Waals surface area (Å²) in [6, 6.07) is 10.1. The molecule has 236 valence electrons. The number of rotatable bonds is 7.